The van der Waals surface area contributed by atoms with Crippen LogP contribution in [0, 0.1) is 0 Å². The van der Waals surface area contributed by atoms with E-state index in [1.807, 2.05) is 25.1 Å². The van der Waals surface area contributed by atoms with Crippen molar-refractivity contribution in [2.45, 2.75) is 19.8 Å². The molecule has 0 saturated heterocycles. The molecule has 0 saturated carbocycles. The number of fused-ring (bicyclic) bond motifs is 1. The molecule has 20 heavy (non-hydrogen) atoms. The maximum Gasteiger partial charge on any atom is 0.121 e. The normalized spacial score (nSPS) is 11.1. The van der Waals surface area contributed by atoms with Gasteiger partial charge in [0.15, 0.2) is 0 Å². The Morgan fingerprint density at radius 3 is 3.00 bits per heavy atom. The molecule has 2 N–H and O–H groups in total. The number of benzene rings is 1. The summed E-state index contributed by atoms with van der Waals surface area (Å²) in [6, 6.07) is 5.95. The molecule has 110 valence electrons. The Kier molecular flexibility index (Phi) is 5.83. The van der Waals surface area contributed by atoms with Gasteiger partial charge in [0.25, 0.3) is 0 Å². The van der Waals surface area contributed by atoms with Crippen LogP contribution in [0.2, 0.25) is 0 Å². The van der Waals surface area contributed by atoms with Gasteiger partial charge in [-0.25, -0.2) is 4.98 Å². The van der Waals surface area contributed by atoms with E-state index in [1.165, 1.54) is 0 Å². The smallest absolute Gasteiger partial charge is 0.121 e. The van der Waals surface area contributed by atoms with Crippen LogP contribution < -0.4 is 10.1 Å². The molecule has 0 bridgehead atoms. The Morgan fingerprint density at radius 1 is 1.30 bits per heavy atom. The third kappa shape index (κ3) is 4.21. The van der Waals surface area contributed by atoms with Gasteiger partial charge in [-0.2, -0.15) is 0 Å². The fourth-order valence-corrected chi connectivity index (χ4v) is 2.09. The van der Waals surface area contributed by atoms with Gasteiger partial charge in [0.05, 0.1) is 17.6 Å². The van der Waals surface area contributed by atoms with Gasteiger partial charge in [-0.3, -0.25) is 0 Å². The second kappa shape index (κ2) is 7.87. The van der Waals surface area contributed by atoms with Gasteiger partial charge < -0.3 is 19.8 Å². The molecule has 0 unspecified atom stereocenters. The van der Waals surface area contributed by atoms with Crippen molar-refractivity contribution in [2.75, 3.05) is 33.4 Å². The Morgan fingerprint density at radius 2 is 2.20 bits per heavy atom. The molecule has 0 radical (unpaired) electrons. The molecule has 1 heterocycles. The van der Waals surface area contributed by atoms with E-state index in [0.717, 1.165) is 55.1 Å². The maximum absolute atomic E-state index is 5.49. The Bertz CT molecular complexity index is 525. The predicted octanol–water partition coefficient (Wildman–Crippen LogP) is 2.13. The number of ether oxygens (including phenoxy) is 2. The monoisotopic (exact) mass is 277 g/mol. The van der Waals surface area contributed by atoms with Crippen LogP contribution in [0.5, 0.6) is 5.75 Å². The predicted molar refractivity (Wildman–Crippen MR) is 80.3 cm³/mol. The Labute approximate surface area is 119 Å². The van der Waals surface area contributed by atoms with Crippen molar-refractivity contribution in [3.8, 4) is 5.75 Å². The summed E-state index contributed by atoms with van der Waals surface area (Å²) in [4.78, 5) is 7.91. The van der Waals surface area contributed by atoms with Crippen molar-refractivity contribution in [1.82, 2.24) is 15.3 Å². The van der Waals surface area contributed by atoms with E-state index >= 15 is 0 Å². The molecular formula is C15H23N3O2. The van der Waals surface area contributed by atoms with Gasteiger partial charge in [0.1, 0.15) is 11.6 Å². The lowest BCUT2D eigenvalue weighted by Crippen LogP contribution is -2.19. The number of methoxy groups -OCH3 is 1. The summed E-state index contributed by atoms with van der Waals surface area (Å²) in [7, 11) is 1.73. The van der Waals surface area contributed by atoms with Crippen LogP contribution in [0.25, 0.3) is 11.0 Å². The summed E-state index contributed by atoms with van der Waals surface area (Å²) in [6.07, 6.45) is 1.93. The third-order valence-electron chi connectivity index (χ3n) is 3.05. The number of imidazole rings is 1. The standard InChI is InChI=1S/C15H23N3O2/c1-3-20-12-5-6-13-14(11-12)18-15(17-13)7-9-16-8-4-10-19-2/h5-6,11,16H,3-4,7-10H2,1-2H3,(H,17,18). The highest BCUT2D eigenvalue weighted by Crippen LogP contribution is 2.19. The van der Waals surface area contributed by atoms with Crippen LogP contribution in [0.4, 0.5) is 0 Å². The van der Waals surface area contributed by atoms with Crippen LogP contribution >= 0.6 is 0 Å². The van der Waals surface area contributed by atoms with E-state index in [1.54, 1.807) is 7.11 Å². The van der Waals surface area contributed by atoms with Crippen molar-refractivity contribution >= 4 is 11.0 Å². The van der Waals surface area contributed by atoms with Gasteiger partial charge in [0.2, 0.25) is 0 Å². The summed E-state index contributed by atoms with van der Waals surface area (Å²) in [6.45, 7) is 5.36. The summed E-state index contributed by atoms with van der Waals surface area (Å²) < 4.78 is 10.5. The van der Waals surface area contributed by atoms with Crippen LogP contribution in [0.3, 0.4) is 0 Å². The molecule has 0 fully saturated rings. The van der Waals surface area contributed by atoms with E-state index in [4.69, 9.17) is 9.47 Å². The Hall–Kier alpha value is -1.59. The van der Waals surface area contributed by atoms with Crippen molar-refractivity contribution in [1.29, 1.82) is 0 Å². The van der Waals surface area contributed by atoms with E-state index in [2.05, 4.69) is 15.3 Å². The fraction of sp³-hybridized carbons (Fsp3) is 0.533. The van der Waals surface area contributed by atoms with Crippen LogP contribution in [0.15, 0.2) is 18.2 Å². The molecule has 0 spiro atoms. The van der Waals surface area contributed by atoms with Gasteiger partial charge in [-0.15, -0.1) is 0 Å². The number of rotatable bonds is 9. The molecule has 2 rings (SSSR count). The zero-order valence-corrected chi connectivity index (χ0v) is 12.2. The van der Waals surface area contributed by atoms with E-state index in [9.17, 15) is 0 Å². The second-order valence-corrected chi connectivity index (χ2v) is 4.64. The second-order valence-electron chi connectivity index (χ2n) is 4.64. The minimum Gasteiger partial charge on any atom is -0.494 e. The van der Waals surface area contributed by atoms with E-state index in [-0.39, 0.29) is 0 Å². The highest BCUT2D eigenvalue weighted by Gasteiger charge is 2.04. The number of hydrogen-bond donors (Lipinski definition) is 2. The minimum absolute atomic E-state index is 0.678. The first kappa shape index (κ1) is 14.8. The highest BCUT2D eigenvalue weighted by molar-refractivity contribution is 5.76. The molecule has 5 nitrogen and oxygen atoms in total. The quantitative estimate of drug-likeness (QED) is 0.689. The largest absolute Gasteiger partial charge is 0.494 e. The van der Waals surface area contributed by atoms with Crippen molar-refractivity contribution in [2.24, 2.45) is 0 Å². The van der Waals surface area contributed by atoms with Gasteiger partial charge >= 0.3 is 0 Å². The first-order valence-corrected chi connectivity index (χ1v) is 7.14. The number of aromatic amines is 1. The zero-order valence-electron chi connectivity index (χ0n) is 12.2. The average Bonchev–Trinajstić information content (AvgIpc) is 2.85. The number of hydrogen-bond acceptors (Lipinski definition) is 4. The topological polar surface area (TPSA) is 59.2 Å². The molecule has 0 aliphatic rings. The van der Waals surface area contributed by atoms with Crippen molar-refractivity contribution < 1.29 is 9.47 Å². The lowest BCUT2D eigenvalue weighted by atomic mass is 10.3. The summed E-state index contributed by atoms with van der Waals surface area (Å²) in [5.41, 5.74) is 2.02. The van der Waals surface area contributed by atoms with Crippen molar-refractivity contribution in [3.63, 3.8) is 0 Å². The molecule has 5 heteroatoms. The number of nitrogens with one attached hydrogen (secondary N) is 2. The molecule has 0 aliphatic carbocycles. The molecule has 0 aliphatic heterocycles. The molecule has 1 aromatic heterocycles. The fourth-order valence-electron chi connectivity index (χ4n) is 2.09. The van der Waals surface area contributed by atoms with Crippen LogP contribution in [0.1, 0.15) is 19.2 Å². The van der Waals surface area contributed by atoms with E-state index < -0.39 is 0 Å². The first-order valence-electron chi connectivity index (χ1n) is 7.14. The Balaban J connectivity index is 1.84. The third-order valence-corrected chi connectivity index (χ3v) is 3.05. The number of nitrogens with zero attached hydrogens (tertiary/aromatic N) is 1. The van der Waals surface area contributed by atoms with Crippen LogP contribution in [-0.4, -0.2) is 43.4 Å². The summed E-state index contributed by atoms with van der Waals surface area (Å²) >= 11 is 0. The molecule has 0 amide bonds. The van der Waals surface area contributed by atoms with E-state index in [0.29, 0.717) is 6.61 Å². The lowest BCUT2D eigenvalue weighted by Gasteiger charge is -2.02. The number of H-pyrrole nitrogens is 1. The minimum atomic E-state index is 0.678. The molecule has 2 aromatic rings. The van der Waals surface area contributed by atoms with Gasteiger partial charge in [0, 0.05) is 32.7 Å². The van der Waals surface area contributed by atoms with Gasteiger partial charge in [-0.1, -0.05) is 0 Å². The summed E-state index contributed by atoms with van der Waals surface area (Å²) in [5.74, 6) is 1.89. The zero-order chi connectivity index (χ0) is 14.2. The summed E-state index contributed by atoms with van der Waals surface area (Å²) in [5, 5.41) is 3.38. The molecule has 0 atom stereocenters. The molecule has 1 aromatic carbocycles. The first-order chi connectivity index (χ1) is 9.83. The average molecular weight is 277 g/mol. The molecular weight excluding hydrogens is 254 g/mol. The number of aromatic nitrogens is 2. The SMILES string of the molecule is CCOc1ccc2nc(CCNCCCOC)[nH]c2c1. The van der Waals surface area contributed by atoms with Gasteiger partial charge in [-0.05, 0) is 32.0 Å². The lowest BCUT2D eigenvalue weighted by molar-refractivity contribution is 0.194. The van der Waals surface area contributed by atoms with Crippen LogP contribution in [-0.2, 0) is 11.2 Å². The van der Waals surface area contributed by atoms with Crippen molar-refractivity contribution in [3.05, 3.63) is 24.0 Å². The maximum atomic E-state index is 5.49. The highest BCUT2D eigenvalue weighted by atomic mass is 16.5.